The van der Waals surface area contributed by atoms with Crippen molar-refractivity contribution in [2.75, 3.05) is 30.1 Å². The van der Waals surface area contributed by atoms with Crippen molar-refractivity contribution in [1.29, 1.82) is 0 Å². The lowest BCUT2D eigenvalue weighted by atomic mass is 9.34. The lowest BCUT2D eigenvalue weighted by molar-refractivity contribution is -0.185. The van der Waals surface area contributed by atoms with E-state index < -0.39 is 9.71 Å². The summed E-state index contributed by atoms with van der Waals surface area (Å²) in [5.41, 5.74) is 0.481. The average Bonchev–Trinajstić information content (AvgIpc) is 2.63. The smallest absolute Gasteiger partial charge is 0.237 e. The molecule has 3 aliphatic carbocycles. The van der Waals surface area contributed by atoms with Gasteiger partial charge in [-0.15, -0.1) is 11.6 Å². The number of aromatic nitrogens is 2. The number of ketones is 1. The summed E-state index contributed by atoms with van der Waals surface area (Å²) in [5.74, 6) is 5.49. The molecular formula is C21H24ClN3O4S. The van der Waals surface area contributed by atoms with Crippen LogP contribution in [0.3, 0.4) is 0 Å². The summed E-state index contributed by atoms with van der Waals surface area (Å²) in [6.45, 7) is 0.938. The van der Waals surface area contributed by atoms with Gasteiger partial charge in [-0.3, -0.25) is 9.52 Å². The number of ether oxygens (including phenoxy) is 2. The van der Waals surface area contributed by atoms with Crippen molar-refractivity contribution in [2.45, 2.75) is 19.3 Å². The molecule has 1 heterocycles. The van der Waals surface area contributed by atoms with Crippen molar-refractivity contribution >= 4 is 38.9 Å². The van der Waals surface area contributed by atoms with Crippen LogP contribution < -0.4 is 14.2 Å². The van der Waals surface area contributed by atoms with Crippen LogP contribution >= 0.6 is 11.6 Å². The van der Waals surface area contributed by atoms with Gasteiger partial charge in [0.1, 0.15) is 12.4 Å². The summed E-state index contributed by atoms with van der Waals surface area (Å²) in [7, 11) is -2.46. The van der Waals surface area contributed by atoms with Crippen molar-refractivity contribution in [3.8, 4) is 11.6 Å². The highest BCUT2D eigenvalue weighted by molar-refractivity contribution is 8.00. The predicted molar refractivity (Wildman–Crippen MR) is 118 cm³/mol. The summed E-state index contributed by atoms with van der Waals surface area (Å²) >= 11 is 5.62. The molecule has 2 bridgehead atoms. The van der Waals surface area contributed by atoms with Crippen LogP contribution in [-0.4, -0.2) is 51.2 Å². The molecule has 0 spiro atoms. The fraction of sp³-hybridized carbons (Fsp3) is 0.429. The standard InChI is InChI=1S/C21H24ClN3O4S/c1-30(2,27)25-19-23-9-7-17(24-19)29-14-20-11-21(12-20,13-20)18(26)15-3-5-16(6-4-15)28-10-8-22/h3-7,9H,1,8,10-14H2,2H3,(H,23,24,25,27). The number of nitrogens with zero attached hydrogens (tertiary/aromatic N) is 2. The van der Waals surface area contributed by atoms with E-state index in [9.17, 15) is 9.00 Å². The topological polar surface area (TPSA) is 90.4 Å². The summed E-state index contributed by atoms with van der Waals surface area (Å²) in [6.07, 6.45) is 5.48. The first kappa shape index (κ1) is 20.9. The number of carbonyl (C=O) groups excluding carboxylic acids is 1. The van der Waals surface area contributed by atoms with Crippen LogP contribution in [0.4, 0.5) is 5.95 Å². The minimum atomic E-state index is -2.46. The van der Waals surface area contributed by atoms with E-state index in [1.165, 1.54) is 6.26 Å². The van der Waals surface area contributed by atoms with Crippen LogP contribution in [0.5, 0.6) is 11.6 Å². The second-order valence-corrected chi connectivity index (χ2v) is 10.9. The molecule has 3 saturated carbocycles. The number of nitrogens with one attached hydrogen (secondary N) is 1. The van der Waals surface area contributed by atoms with E-state index in [-0.39, 0.29) is 22.6 Å². The quantitative estimate of drug-likeness (QED) is 0.340. The maximum Gasteiger partial charge on any atom is 0.237 e. The van der Waals surface area contributed by atoms with Gasteiger partial charge in [0, 0.05) is 44.6 Å². The van der Waals surface area contributed by atoms with Gasteiger partial charge < -0.3 is 9.47 Å². The van der Waals surface area contributed by atoms with E-state index in [2.05, 4.69) is 20.6 Å². The number of hydrogen-bond donors (Lipinski definition) is 1. The number of halogens is 1. The average molecular weight is 450 g/mol. The Morgan fingerprint density at radius 1 is 1.23 bits per heavy atom. The molecule has 7 nitrogen and oxygen atoms in total. The van der Waals surface area contributed by atoms with Crippen molar-refractivity contribution in [1.82, 2.24) is 9.97 Å². The van der Waals surface area contributed by atoms with Crippen LogP contribution in [0.1, 0.15) is 29.6 Å². The molecule has 30 heavy (non-hydrogen) atoms. The maximum atomic E-state index is 12.9. The summed E-state index contributed by atoms with van der Waals surface area (Å²) < 4.78 is 25.7. The molecule has 5 rings (SSSR count). The Balaban J connectivity index is 1.31. The molecule has 9 heteroatoms. The monoisotopic (exact) mass is 449 g/mol. The molecule has 3 fully saturated rings. The van der Waals surface area contributed by atoms with Crippen LogP contribution in [0, 0.1) is 10.8 Å². The first-order valence-electron chi connectivity index (χ1n) is 9.62. The Hall–Kier alpha value is -2.32. The summed E-state index contributed by atoms with van der Waals surface area (Å²) in [4.78, 5) is 21.2. The van der Waals surface area contributed by atoms with Crippen LogP contribution in [-0.2, 0) is 9.71 Å². The van der Waals surface area contributed by atoms with Gasteiger partial charge >= 0.3 is 0 Å². The predicted octanol–water partition coefficient (Wildman–Crippen LogP) is 3.20. The van der Waals surface area contributed by atoms with Crippen molar-refractivity contribution in [3.05, 3.63) is 42.1 Å². The highest BCUT2D eigenvalue weighted by Gasteiger charge is 2.71. The van der Waals surface area contributed by atoms with Gasteiger partial charge in [-0.2, -0.15) is 4.98 Å². The third-order valence-corrected chi connectivity index (χ3v) is 6.32. The third kappa shape index (κ3) is 4.25. The van der Waals surface area contributed by atoms with Gasteiger partial charge in [-0.1, -0.05) is 0 Å². The number of carbonyl (C=O) groups is 1. The second-order valence-electron chi connectivity index (χ2n) is 8.32. The normalized spacial score (nSPS) is 25.9. The van der Waals surface area contributed by atoms with Gasteiger partial charge in [-0.05, 0) is 49.4 Å². The van der Waals surface area contributed by atoms with Crippen molar-refractivity contribution in [2.24, 2.45) is 10.8 Å². The fourth-order valence-corrected chi connectivity index (χ4v) is 5.01. The maximum absolute atomic E-state index is 12.9. The van der Waals surface area contributed by atoms with E-state index in [1.54, 1.807) is 12.3 Å². The summed E-state index contributed by atoms with van der Waals surface area (Å²) in [6, 6.07) is 8.92. The Morgan fingerprint density at radius 3 is 2.57 bits per heavy atom. The largest absolute Gasteiger partial charge is 0.492 e. The van der Waals surface area contributed by atoms with Gasteiger partial charge in [0.15, 0.2) is 5.78 Å². The molecule has 1 unspecified atom stereocenters. The van der Waals surface area contributed by atoms with Crippen molar-refractivity contribution in [3.63, 3.8) is 0 Å². The molecular weight excluding hydrogens is 426 g/mol. The van der Waals surface area contributed by atoms with Crippen LogP contribution in [0.15, 0.2) is 36.5 Å². The zero-order valence-electron chi connectivity index (χ0n) is 16.7. The third-order valence-electron chi connectivity index (χ3n) is 5.55. The molecule has 1 atom stereocenters. The Kier molecular flexibility index (Phi) is 5.40. The Bertz CT molecular complexity index is 1040. The SMILES string of the molecule is C=S(C)(=O)Nc1nccc(OCC23CC(C(=O)c4ccc(OCCCl)cc4)(C2)C3)n1. The number of alkyl halides is 1. The molecule has 0 amide bonds. The Morgan fingerprint density at radius 2 is 1.93 bits per heavy atom. The van der Waals surface area contributed by atoms with Crippen LogP contribution in [0.25, 0.3) is 0 Å². The number of rotatable bonds is 10. The Labute approximate surface area is 181 Å². The van der Waals surface area contributed by atoms with E-state index in [0.29, 0.717) is 36.3 Å². The lowest BCUT2D eigenvalue weighted by Gasteiger charge is -2.69. The zero-order valence-corrected chi connectivity index (χ0v) is 18.3. The molecule has 1 aromatic heterocycles. The number of benzene rings is 1. The first-order chi connectivity index (χ1) is 14.2. The van der Waals surface area contributed by atoms with Gasteiger partial charge in [-0.25, -0.2) is 9.19 Å². The molecule has 2 aromatic rings. The first-order valence-corrected chi connectivity index (χ1v) is 12.3. The van der Waals surface area contributed by atoms with E-state index >= 15 is 0 Å². The lowest BCUT2D eigenvalue weighted by Crippen LogP contribution is -2.67. The molecule has 0 saturated heterocycles. The summed E-state index contributed by atoms with van der Waals surface area (Å²) in [5, 5.41) is 0. The molecule has 0 aliphatic heterocycles. The van der Waals surface area contributed by atoms with Crippen molar-refractivity contribution < 1.29 is 18.5 Å². The number of hydrogen-bond acceptors (Lipinski definition) is 6. The van der Waals surface area contributed by atoms with Gasteiger partial charge in [0.05, 0.1) is 12.5 Å². The van der Waals surface area contributed by atoms with Crippen LogP contribution in [0.2, 0.25) is 0 Å². The highest BCUT2D eigenvalue weighted by atomic mass is 35.5. The molecule has 1 aromatic carbocycles. The second kappa shape index (κ2) is 7.74. The minimum Gasteiger partial charge on any atom is -0.492 e. The zero-order chi connectivity index (χ0) is 21.4. The number of Topliss-reactive ketones (excluding diaryl/α,β-unsaturated/α-hetero) is 1. The molecule has 160 valence electrons. The number of anilines is 1. The molecule has 1 N–H and O–H groups in total. The van der Waals surface area contributed by atoms with E-state index in [4.69, 9.17) is 21.1 Å². The highest BCUT2D eigenvalue weighted by Crippen LogP contribution is 2.74. The minimum absolute atomic E-state index is 0.0300. The molecule has 0 radical (unpaired) electrons. The fourth-order valence-electron chi connectivity index (χ4n) is 4.45. The van der Waals surface area contributed by atoms with E-state index in [0.717, 1.165) is 19.3 Å². The molecule has 3 aliphatic rings. The van der Waals surface area contributed by atoms with Gasteiger partial charge in [0.2, 0.25) is 11.8 Å². The van der Waals surface area contributed by atoms with Gasteiger partial charge in [0.25, 0.3) is 0 Å². The van der Waals surface area contributed by atoms with E-state index in [1.807, 2.05) is 24.3 Å².